The Morgan fingerprint density at radius 2 is 2.33 bits per heavy atom. The lowest BCUT2D eigenvalue weighted by molar-refractivity contribution is -0.145. The fourth-order valence-corrected chi connectivity index (χ4v) is 0.663. The molecule has 1 atom stereocenters. The van der Waals surface area contributed by atoms with Crippen LogP contribution in [0.1, 0.15) is 0 Å². The summed E-state index contributed by atoms with van der Waals surface area (Å²) in [6.07, 6.45) is 0. The standard InChI is InChI=1S/C5H9NO3/c6-4(5(7)8)3-1-9-2-3/h3-4H,1-2,6H2,(H,7,8)/t4-/m1/s1. The maximum Gasteiger partial charge on any atom is 0.320 e. The molecule has 1 heterocycles. The van der Waals surface area contributed by atoms with E-state index < -0.39 is 12.0 Å². The average molecular weight is 131 g/mol. The third-order valence-corrected chi connectivity index (χ3v) is 1.46. The van der Waals surface area contributed by atoms with E-state index in [9.17, 15) is 4.79 Å². The van der Waals surface area contributed by atoms with Gasteiger partial charge in [-0.1, -0.05) is 0 Å². The summed E-state index contributed by atoms with van der Waals surface area (Å²) in [5.41, 5.74) is 5.24. The predicted octanol–water partition coefficient (Wildman–Crippen LogP) is -0.955. The maximum atomic E-state index is 10.2. The summed E-state index contributed by atoms with van der Waals surface area (Å²) in [5, 5.41) is 8.34. The van der Waals surface area contributed by atoms with Gasteiger partial charge in [0.25, 0.3) is 0 Å². The van der Waals surface area contributed by atoms with E-state index in [1.54, 1.807) is 0 Å². The quantitative estimate of drug-likeness (QED) is 0.506. The van der Waals surface area contributed by atoms with Crippen molar-refractivity contribution in [1.82, 2.24) is 0 Å². The van der Waals surface area contributed by atoms with Crippen molar-refractivity contribution in [2.24, 2.45) is 11.7 Å². The molecule has 1 rings (SSSR count). The fraction of sp³-hybridized carbons (Fsp3) is 0.800. The van der Waals surface area contributed by atoms with Crippen molar-refractivity contribution in [3.05, 3.63) is 0 Å². The number of aliphatic carboxylic acids is 1. The lowest BCUT2D eigenvalue weighted by Gasteiger charge is -2.28. The Labute approximate surface area is 52.6 Å². The Morgan fingerprint density at radius 3 is 2.44 bits per heavy atom. The normalized spacial score (nSPS) is 22.8. The van der Waals surface area contributed by atoms with E-state index >= 15 is 0 Å². The van der Waals surface area contributed by atoms with Crippen LogP contribution in [0.2, 0.25) is 0 Å². The number of hydrogen-bond donors (Lipinski definition) is 2. The Morgan fingerprint density at radius 1 is 1.78 bits per heavy atom. The van der Waals surface area contributed by atoms with Gasteiger partial charge >= 0.3 is 5.97 Å². The minimum absolute atomic E-state index is 0.0301. The lowest BCUT2D eigenvalue weighted by Crippen LogP contribution is -2.47. The molecule has 52 valence electrons. The van der Waals surface area contributed by atoms with E-state index in [1.807, 2.05) is 0 Å². The zero-order valence-corrected chi connectivity index (χ0v) is 4.91. The smallest absolute Gasteiger partial charge is 0.320 e. The van der Waals surface area contributed by atoms with Crippen LogP contribution >= 0.6 is 0 Å². The number of hydrogen-bond acceptors (Lipinski definition) is 3. The number of nitrogens with two attached hydrogens (primary N) is 1. The topological polar surface area (TPSA) is 72.6 Å². The molecular formula is C5H9NO3. The van der Waals surface area contributed by atoms with E-state index in [-0.39, 0.29) is 5.92 Å². The summed E-state index contributed by atoms with van der Waals surface area (Å²) >= 11 is 0. The van der Waals surface area contributed by atoms with Crippen molar-refractivity contribution in [3.63, 3.8) is 0 Å². The van der Waals surface area contributed by atoms with Crippen LogP contribution in [0.4, 0.5) is 0 Å². The first-order valence-corrected chi connectivity index (χ1v) is 2.78. The molecule has 0 aromatic heterocycles. The Kier molecular flexibility index (Phi) is 1.68. The summed E-state index contributed by atoms with van der Waals surface area (Å²) in [4.78, 5) is 10.2. The highest BCUT2D eigenvalue weighted by Crippen LogP contribution is 2.12. The van der Waals surface area contributed by atoms with Gasteiger partial charge in [0.2, 0.25) is 0 Å². The molecule has 4 heteroatoms. The van der Waals surface area contributed by atoms with Gasteiger partial charge in [0.15, 0.2) is 0 Å². The summed E-state index contributed by atoms with van der Waals surface area (Å²) in [7, 11) is 0. The number of carbonyl (C=O) groups is 1. The van der Waals surface area contributed by atoms with Gasteiger partial charge < -0.3 is 15.6 Å². The molecule has 0 aromatic rings. The van der Waals surface area contributed by atoms with Gasteiger partial charge in [0.1, 0.15) is 6.04 Å². The minimum Gasteiger partial charge on any atom is -0.480 e. The SMILES string of the molecule is N[C@@H](C(=O)O)C1COC1. The van der Waals surface area contributed by atoms with Crippen molar-refractivity contribution in [1.29, 1.82) is 0 Å². The molecule has 0 radical (unpaired) electrons. The highest BCUT2D eigenvalue weighted by molar-refractivity contribution is 5.73. The monoisotopic (exact) mass is 131 g/mol. The molecule has 0 bridgehead atoms. The molecule has 1 saturated heterocycles. The summed E-state index contributed by atoms with van der Waals surface area (Å²) < 4.78 is 4.76. The Hall–Kier alpha value is -0.610. The number of rotatable bonds is 2. The minimum atomic E-state index is -0.941. The molecule has 0 unspecified atom stereocenters. The van der Waals surface area contributed by atoms with E-state index in [1.165, 1.54) is 0 Å². The Bertz CT molecular complexity index is 121. The molecule has 9 heavy (non-hydrogen) atoms. The van der Waals surface area contributed by atoms with Crippen LogP contribution in [0.15, 0.2) is 0 Å². The number of ether oxygens (including phenoxy) is 1. The third kappa shape index (κ3) is 1.20. The van der Waals surface area contributed by atoms with Crippen LogP contribution in [0.25, 0.3) is 0 Å². The fourth-order valence-electron chi connectivity index (χ4n) is 0.663. The van der Waals surface area contributed by atoms with Gasteiger partial charge in [-0.25, -0.2) is 0 Å². The molecule has 1 fully saturated rings. The lowest BCUT2D eigenvalue weighted by atomic mass is 9.99. The van der Waals surface area contributed by atoms with Crippen molar-refractivity contribution in [3.8, 4) is 0 Å². The highest BCUT2D eigenvalue weighted by Gasteiger charge is 2.30. The van der Waals surface area contributed by atoms with Crippen LogP contribution in [0.5, 0.6) is 0 Å². The van der Waals surface area contributed by atoms with Gasteiger partial charge in [0, 0.05) is 5.92 Å². The molecule has 0 amide bonds. The summed E-state index contributed by atoms with van der Waals surface area (Å²) in [5.74, 6) is -0.911. The van der Waals surface area contributed by atoms with Crippen LogP contribution in [-0.2, 0) is 9.53 Å². The van der Waals surface area contributed by atoms with Gasteiger partial charge in [-0.2, -0.15) is 0 Å². The molecule has 1 aliphatic rings. The van der Waals surface area contributed by atoms with Gasteiger partial charge in [-0.15, -0.1) is 0 Å². The van der Waals surface area contributed by atoms with E-state index in [2.05, 4.69) is 0 Å². The molecule has 0 spiro atoms. The first-order chi connectivity index (χ1) is 4.22. The van der Waals surface area contributed by atoms with Crippen LogP contribution in [0.3, 0.4) is 0 Å². The van der Waals surface area contributed by atoms with Gasteiger partial charge in [-0.3, -0.25) is 4.79 Å². The first kappa shape index (κ1) is 6.51. The van der Waals surface area contributed by atoms with Crippen molar-refractivity contribution in [2.75, 3.05) is 13.2 Å². The van der Waals surface area contributed by atoms with E-state index in [0.29, 0.717) is 13.2 Å². The summed E-state index contributed by atoms with van der Waals surface area (Å²) in [6.45, 7) is 0.987. The van der Waals surface area contributed by atoms with Gasteiger partial charge in [-0.05, 0) is 0 Å². The van der Waals surface area contributed by atoms with Crippen molar-refractivity contribution < 1.29 is 14.6 Å². The van der Waals surface area contributed by atoms with Gasteiger partial charge in [0.05, 0.1) is 13.2 Å². The molecular weight excluding hydrogens is 122 g/mol. The second-order valence-corrected chi connectivity index (χ2v) is 2.16. The summed E-state index contributed by atoms with van der Waals surface area (Å²) in [6, 6.07) is -0.737. The zero-order chi connectivity index (χ0) is 6.85. The second kappa shape index (κ2) is 2.33. The highest BCUT2D eigenvalue weighted by atomic mass is 16.5. The number of carboxylic acid groups (broad SMARTS) is 1. The molecule has 1 aliphatic heterocycles. The second-order valence-electron chi connectivity index (χ2n) is 2.16. The molecule has 0 aromatic carbocycles. The van der Waals surface area contributed by atoms with Crippen LogP contribution in [-0.4, -0.2) is 30.3 Å². The van der Waals surface area contributed by atoms with Crippen LogP contribution in [0, 0.1) is 5.92 Å². The Balaban J connectivity index is 2.32. The average Bonchev–Trinajstić information content (AvgIpc) is 1.60. The third-order valence-electron chi connectivity index (χ3n) is 1.46. The van der Waals surface area contributed by atoms with Crippen molar-refractivity contribution in [2.45, 2.75) is 6.04 Å². The number of carboxylic acids is 1. The van der Waals surface area contributed by atoms with E-state index in [4.69, 9.17) is 15.6 Å². The predicted molar refractivity (Wildman–Crippen MR) is 29.9 cm³/mol. The van der Waals surface area contributed by atoms with E-state index in [0.717, 1.165) is 0 Å². The molecule has 0 aliphatic carbocycles. The van der Waals surface area contributed by atoms with Crippen LogP contribution < -0.4 is 5.73 Å². The molecule has 4 nitrogen and oxygen atoms in total. The first-order valence-electron chi connectivity index (χ1n) is 2.78. The molecule has 3 N–H and O–H groups in total. The largest absolute Gasteiger partial charge is 0.480 e. The maximum absolute atomic E-state index is 10.2. The van der Waals surface area contributed by atoms with Crippen molar-refractivity contribution >= 4 is 5.97 Å². The molecule has 0 saturated carbocycles. The zero-order valence-electron chi connectivity index (χ0n) is 4.91.